The molecule has 0 spiro atoms. The molecule has 1 aromatic heterocycles. The predicted octanol–water partition coefficient (Wildman–Crippen LogP) is 4.39. The zero-order chi connectivity index (χ0) is 18.6. The van der Waals surface area contributed by atoms with Gasteiger partial charge in [-0.3, -0.25) is 0 Å². The number of nitrogens with zero attached hydrogens (tertiary/aromatic N) is 2. The van der Waals surface area contributed by atoms with E-state index in [1.54, 1.807) is 11.3 Å². The van der Waals surface area contributed by atoms with E-state index in [4.69, 9.17) is 14.2 Å². The Balaban J connectivity index is 1.45. The number of hydrogen-bond donors (Lipinski definition) is 0. The van der Waals surface area contributed by atoms with Gasteiger partial charge < -0.3 is 24.0 Å². The molecule has 27 heavy (non-hydrogen) atoms. The molecule has 0 saturated carbocycles. The summed E-state index contributed by atoms with van der Waals surface area (Å²) in [5, 5.41) is 0. The summed E-state index contributed by atoms with van der Waals surface area (Å²) in [6.07, 6.45) is 0.949. The van der Waals surface area contributed by atoms with Gasteiger partial charge in [0.2, 0.25) is 12.5 Å². The summed E-state index contributed by atoms with van der Waals surface area (Å²) in [6.45, 7) is 9.24. The standard InChI is InChI=1S/C20H25BrN2O3S/c1-2-22-10-12-23(13-11-22)9-8-15(18-6-7-19(21)27-18)26-17-5-3-4-16-20(17)25-14-24-16/h3-7,15H,2,8-14H2,1H3. The molecule has 5 nitrogen and oxygen atoms in total. The maximum atomic E-state index is 6.44. The normalized spacial score (nSPS) is 18.6. The van der Waals surface area contributed by atoms with Crippen LogP contribution in [0.15, 0.2) is 34.1 Å². The number of thiophene rings is 1. The lowest BCUT2D eigenvalue weighted by atomic mass is 10.2. The van der Waals surface area contributed by atoms with Gasteiger partial charge in [-0.1, -0.05) is 13.0 Å². The Morgan fingerprint density at radius 3 is 2.67 bits per heavy atom. The van der Waals surface area contributed by atoms with Gasteiger partial charge in [0, 0.05) is 44.0 Å². The first-order chi connectivity index (χ1) is 13.2. The first kappa shape index (κ1) is 19.1. The molecule has 1 unspecified atom stereocenters. The molecule has 1 aromatic carbocycles. The van der Waals surface area contributed by atoms with Gasteiger partial charge in [0.05, 0.1) is 3.79 Å². The monoisotopic (exact) mass is 452 g/mol. The number of fused-ring (bicyclic) bond motifs is 1. The number of ether oxygens (including phenoxy) is 3. The van der Waals surface area contributed by atoms with Crippen LogP contribution < -0.4 is 14.2 Å². The maximum absolute atomic E-state index is 6.44. The highest BCUT2D eigenvalue weighted by molar-refractivity contribution is 9.11. The molecule has 2 aliphatic heterocycles. The van der Waals surface area contributed by atoms with Crippen molar-refractivity contribution in [3.8, 4) is 17.2 Å². The van der Waals surface area contributed by atoms with E-state index in [1.807, 2.05) is 18.2 Å². The quantitative estimate of drug-likeness (QED) is 0.622. The molecule has 1 atom stereocenters. The van der Waals surface area contributed by atoms with Gasteiger partial charge in [-0.25, -0.2) is 0 Å². The number of likely N-dealkylation sites (N-methyl/N-ethyl adjacent to an activating group) is 1. The van der Waals surface area contributed by atoms with Gasteiger partial charge >= 0.3 is 0 Å². The van der Waals surface area contributed by atoms with E-state index in [1.165, 1.54) is 4.88 Å². The van der Waals surface area contributed by atoms with Gasteiger partial charge in [0.1, 0.15) is 6.10 Å². The molecule has 3 heterocycles. The molecule has 146 valence electrons. The topological polar surface area (TPSA) is 34.2 Å². The van der Waals surface area contributed by atoms with E-state index in [-0.39, 0.29) is 12.9 Å². The number of benzene rings is 1. The Morgan fingerprint density at radius 2 is 1.93 bits per heavy atom. The summed E-state index contributed by atoms with van der Waals surface area (Å²) >= 11 is 5.31. The Bertz CT molecular complexity index is 761. The van der Waals surface area contributed by atoms with Crippen molar-refractivity contribution >= 4 is 27.3 Å². The minimum Gasteiger partial charge on any atom is -0.481 e. The average Bonchev–Trinajstić information content (AvgIpc) is 3.35. The molecule has 0 bridgehead atoms. The van der Waals surface area contributed by atoms with Crippen LogP contribution in [0, 0.1) is 0 Å². The zero-order valence-corrected chi connectivity index (χ0v) is 17.9. The second kappa shape index (κ2) is 8.82. The third kappa shape index (κ3) is 4.59. The molecule has 2 aromatic rings. The summed E-state index contributed by atoms with van der Waals surface area (Å²) in [5.74, 6) is 2.24. The summed E-state index contributed by atoms with van der Waals surface area (Å²) in [7, 11) is 0. The van der Waals surface area contributed by atoms with E-state index >= 15 is 0 Å². The predicted molar refractivity (Wildman–Crippen MR) is 111 cm³/mol. The number of rotatable bonds is 7. The Hall–Kier alpha value is -1.28. The third-order valence-corrected chi connectivity index (χ3v) is 6.88. The Labute approximate surface area is 172 Å². The molecule has 2 aliphatic rings. The number of para-hydroxylation sites is 1. The van der Waals surface area contributed by atoms with Crippen LogP contribution in [0.2, 0.25) is 0 Å². The van der Waals surface area contributed by atoms with Crippen molar-refractivity contribution in [2.45, 2.75) is 19.4 Å². The maximum Gasteiger partial charge on any atom is 0.231 e. The molecule has 0 amide bonds. The minimum absolute atomic E-state index is 0.00112. The summed E-state index contributed by atoms with van der Waals surface area (Å²) in [5.41, 5.74) is 0. The number of halogens is 1. The van der Waals surface area contributed by atoms with Crippen molar-refractivity contribution in [3.05, 3.63) is 39.0 Å². The molecule has 1 fully saturated rings. The van der Waals surface area contributed by atoms with Gasteiger partial charge in [-0.05, 0) is 46.7 Å². The van der Waals surface area contributed by atoms with Crippen LogP contribution in [-0.2, 0) is 0 Å². The number of piperazine rings is 1. The smallest absolute Gasteiger partial charge is 0.231 e. The van der Waals surface area contributed by atoms with Crippen molar-refractivity contribution in [1.82, 2.24) is 9.80 Å². The van der Waals surface area contributed by atoms with E-state index in [0.717, 1.165) is 66.7 Å². The Kier molecular flexibility index (Phi) is 6.22. The van der Waals surface area contributed by atoms with Crippen molar-refractivity contribution < 1.29 is 14.2 Å². The average molecular weight is 453 g/mol. The first-order valence-corrected chi connectivity index (χ1v) is 11.1. The highest BCUT2D eigenvalue weighted by Crippen LogP contribution is 2.43. The van der Waals surface area contributed by atoms with Gasteiger partial charge in [-0.15, -0.1) is 11.3 Å². The van der Waals surface area contributed by atoms with E-state index in [0.29, 0.717) is 0 Å². The van der Waals surface area contributed by atoms with Crippen LogP contribution in [0.1, 0.15) is 24.3 Å². The lowest BCUT2D eigenvalue weighted by molar-refractivity contribution is 0.112. The molecule has 0 aliphatic carbocycles. The van der Waals surface area contributed by atoms with Crippen LogP contribution in [0.5, 0.6) is 17.2 Å². The molecule has 0 radical (unpaired) electrons. The van der Waals surface area contributed by atoms with Crippen LogP contribution >= 0.6 is 27.3 Å². The van der Waals surface area contributed by atoms with E-state index < -0.39 is 0 Å². The number of hydrogen-bond acceptors (Lipinski definition) is 6. The minimum atomic E-state index is 0.00112. The van der Waals surface area contributed by atoms with Gasteiger partial charge in [-0.2, -0.15) is 0 Å². The van der Waals surface area contributed by atoms with Gasteiger partial charge in [0.15, 0.2) is 11.5 Å². The summed E-state index contributed by atoms with van der Waals surface area (Å²) in [6, 6.07) is 10.1. The van der Waals surface area contributed by atoms with Crippen LogP contribution in [0.25, 0.3) is 0 Å². The fourth-order valence-electron chi connectivity index (χ4n) is 3.54. The third-order valence-electron chi connectivity index (χ3n) is 5.16. The Morgan fingerprint density at radius 1 is 1.11 bits per heavy atom. The van der Waals surface area contributed by atoms with Crippen LogP contribution in [-0.4, -0.2) is 55.9 Å². The summed E-state index contributed by atoms with van der Waals surface area (Å²) < 4.78 is 18.7. The van der Waals surface area contributed by atoms with E-state index in [2.05, 4.69) is 44.8 Å². The second-order valence-corrected chi connectivity index (χ2v) is 9.30. The highest BCUT2D eigenvalue weighted by Gasteiger charge is 2.24. The SMILES string of the molecule is CCN1CCN(CCC(Oc2cccc3c2OCO3)c2ccc(Br)s2)CC1. The van der Waals surface area contributed by atoms with Crippen molar-refractivity contribution in [2.24, 2.45) is 0 Å². The van der Waals surface area contributed by atoms with Crippen LogP contribution in [0.3, 0.4) is 0 Å². The molecule has 4 rings (SSSR count). The lowest BCUT2D eigenvalue weighted by Gasteiger charge is -2.34. The zero-order valence-electron chi connectivity index (χ0n) is 15.5. The van der Waals surface area contributed by atoms with Crippen molar-refractivity contribution in [3.63, 3.8) is 0 Å². The van der Waals surface area contributed by atoms with Crippen molar-refractivity contribution in [1.29, 1.82) is 0 Å². The van der Waals surface area contributed by atoms with Crippen molar-refractivity contribution in [2.75, 3.05) is 46.1 Å². The molecular weight excluding hydrogens is 428 g/mol. The van der Waals surface area contributed by atoms with Gasteiger partial charge in [0.25, 0.3) is 0 Å². The molecule has 7 heteroatoms. The van der Waals surface area contributed by atoms with E-state index in [9.17, 15) is 0 Å². The largest absolute Gasteiger partial charge is 0.481 e. The molecular formula is C20H25BrN2O3S. The fraction of sp³-hybridized carbons (Fsp3) is 0.500. The molecule has 0 N–H and O–H groups in total. The highest BCUT2D eigenvalue weighted by atomic mass is 79.9. The lowest BCUT2D eigenvalue weighted by Crippen LogP contribution is -2.46. The first-order valence-electron chi connectivity index (χ1n) is 9.48. The van der Waals surface area contributed by atoms with Crippen LogP contribution in [0.4, 0.5) is 0 Å². The fourth-order valence-corrected chi connectivity index (χ4v) is 5.03. The summed E-state index contributed by atoms with van der Waals surface area (Å²) in [4.78, 5) is 6.27. The second-order valence-electron chi connectivity index (χ2n) is 6.80. The molecule has 1 saturated heterocycles.